The monoisotopic (exact) mass is 364 g/mol. The van der Waals surface area contributed by atoms with Crippen LogP contribution in [0, 0.1) is 11.5 Å². The van der Waals surface area contributed by atoms with Gasteiger partial charge in [-0.05, 0) is 18.8 Å². The second-order valence-corrected chi connectivity index (χ2v) is 11.6. The number of carbonyl (C=O) groups is 1. The number of ether oxygens (including phenoxy) is 1. The molecule has 0 unspecified atom stereocenters. The van der Waals surface area contributed by atoms with Crippen molar-refractivity contribution in [1.82, 2.24) is 19.5 Å². The number of carbonyl (C=O) groups excluding carboxylic acids is 1. The summed E-state index contributed by atoms with van der Waals surface area (Å²) in [7, 11) is -1.51. The van der Waals surface area contributed by atoms with E-state index in [2.05, 4.69) is 46.1 Å². The Labute approximate surface area is 147 Å². The summed E-state index contributed by atoms with van der Waals surface area (Å²) in [6.45, 7) is 9.02. The predicted octanol–water partition coefficient (Wildman–Crippen LogP) is 3.05. The standard InChI is InChI=1S/C16H21ClN4O2Si/c1-12(22)23-9-6-5-8-21-11-18-14-15(17)19-13(20-16(14)21)7-10-24(2,3)4/h11H,5-6,8-9H2,1-4H3. The number of halogens is 1. The molecule has 0 fully saturated rings. The molecule has 0 saturated carbocycles. The van der Waals surface area contributed by atoms with E-state index in [1.165, 1.54) is 6.92 Å². The first-order valence-electron chi connectivity index (χ1n) is 7.81. The van der Waals surface area contributed by atoms with E-state index in [0.717, 1.165) is 12.8 Å². The van der Waals surface area contributed by atoms with E-state index in [4.69, 9.17) is 16.3 Å². The second-order valence-electron chi connectivity index (χ2n) is 6.50. The Bertz CT molecular complexity index is 802. The van der Waals surface area contributed by atoms with Crippen molar-refractivity contribution in [2.24, 2.45) is 0 Å². The Kier molecular flexibility index (Phi) is 5.97. The molecule has 2 aromatic rings. The minimum Gasteiger partial charge on any atom is -0.466 e. The highest BCUT2D eigenvalue weighted by Crippen LogP contribution is 2.19. The Morgan fingerprint density at radius 3 is 2.75 bits per heavy atom. The molecule has 0 radical (unpaired) electrons. The third-order valence-electron chi connectivity index (χ3n) is 3.07. The van der Waals surface area contributed by atoms with Crippen molar-refractivity contribution in [2.45, 2.75) is 46.0 Å². The zero-order valence-electron chi connectivity index (χ0n) is 14.4. The summed E-state index contributed by atoms with van der Waals surface area (Å²) in [4.78, 5) is 23.7. The number of esters is 1. The molecule has 0 atom stereocenters. The van der Waals surface area contributed by atoms with Crippen molar-refractivity contribution in [3.8, 4) is 11.5 Å². The molecule has 6 nitrogen and oxygen atoms in total. The van der Waals surface area contributed by atoms with Gasteiger partial charge < -0.3 is 9.30 Å². The third kappa shape index (κ3) is 5.32. The Morgan fingerprint density at radius 2 is 2.08 bits per heavy atom. The van der Waals surface area contributed by atoms with Gasteiger partial charge in [0.15, 0.2) is 10.8 Å². The summed E-state index contributed by atoms with van der Waals surface area (Å²) < 4.78 is 6.85. The summed E-state index contributed by atoms with van der Waals surface area (Å²) >= 11 is 6.20. The summed E-state index contributed by atoms with van der Waals surface area (Å²) in [6.07, 6.45) is 3.32. The van der Waals surface area contributed by atoms with E-state index in [1.54, 1.807) is 6.33 Å². The summed E-state index contributed by atoms with van der Waals surface area (Å²) in [5.74, 6) is 3.20. The Balaban J connectivity index is 2.15. The molecule has 128 valence electrons. The number of rotatable bonds is 5. The van der Waals surface area contributed by atoms with Crippen molar-refractivity contribution in [1.29, 1.82) is 0 Å². The van der Waals surface area contributed by atoms with Crippen LogP contribution in [0.3, 0.4) is 0 Å². The first-order chi connectivity index (χ1) is 11.3. The molecule has 2 aromatic heterocycles. The molecule has 8 heteroatoms. The van der Waals surface area contributed by atoms with Crippen LogP contribution in [0.15, 0.2) is 6.33 Å². The van der Waals surface area contributed by atoms with Gasteiger partial charge in [0.2, 0.25) is 5.82 Å². The topological polar surface area (TPSA) is 69.9 Å². The SMILES string of the molecule is CC(=O)OCCCCn1cnc2c(Cl)nc(C#C[Si](C)(C)C)nc21. The fourth-order valence-corrected chi connectivity index (χ4v) is 2.67. The van der Waals surface area contributed by atoms with E-state index in [-0.39, 0.29) is 5.97 Å². The lowest BCUT2D eigenvalue weighted by atomic mass is 10.3. The van der Waals surface area contributed by atoms with Gasteiger partial charge in [0.25, 0.3) is 0 Å². The number of unbranched alkanes of at least 4 members (excludes halogenated alkanes) is 1. The van der Waals surface area contributed by atoms with Gasteiger partial charge in [0, 0.05) is 13.5 Å². The number of fused-ring (bicyclic) bond motifs is 1. The minimum absolute atomic E-state index is 0.256. The molecule has 24 heavy (non-hydrogen) atoms. The van der Waals surface area contributed by atoms with Crippen molar-refractivity contribution in [2.75, 3.05) is 6.61 Å². The van der Waals surface area contributed by atoms with Gasteiger partial charge in [0.05, 0.1) is 12.9 Å². The molecule has 2 rings (SSSR count). The fraction of sp³-hybridized carbons (Fsp3) is 0.500. The average Bonchev–Trinajstić information content (AvgIpc) is 2.87. The molecule has 0 aliphatic heterocycles. The lowest BCUT2D eigenvalue weighted by molar-refractivity contribution is -0.141. The van der Waals surface area contributed by atoms with Crippen LogP contribution in [0.5, 0.6) is 0 Å². The number of hydrogen-bond acceptors (Lipinski definition) is 5. The van der Waals surface area contributed by atoms with Crippen LogP contribution in [0.1, 0.15) is 25.6 Å². The number of nitrogens with zero attached hydrogens (tertiary/aromatic N) is 4. The minimum atomic E-state index is -1.51. The lowest BCUT2D eigenvalue weighted by Gasteiger charge is -2.05. The molecule has 0 N–H and O–H groups in total. The maximum atomic E-state index is 10.7. The van der Waals surface area contributed by atoms with Crippen molar-refractivity contribution >= 4 is 36.8 Å². The van der Waals surface area contributed by atoms with Gasteiger partial charge in [-0.2, -0.15) is 0 Å². The van der Waals surface area contributed by atoms with Crippen molar-refractivity contribution < 1.29 is 9.53 Å². The maximum absolute atomic E-state index is 10.7. The zero-order chi connectivity index (χ0) is 17.7. The third-order valence-corrected chi connectivity index (χ3v) is 4.21. The highest BCUT2D eigenvalue weighted by Gasteiger charge is 2.12. The molecule has 0 amide bonds. The quantitative estimate of drug-likeness (QED) is 0.268. The van der Waals surface area contributed by atoms with Crippen LogP contribution in [0.4, 0.5) is 0 Å². The Hall–Kier alpha value is -1.91. The van der Waals surface area contributed by atoms with E-state index in [0.29, 0.717) is 35.3 Å². The van der Waals surface area contributed by atoms with Crippen LogP contribution in [0.2, 0.25) is 24.8 Å². The van der Waals surface area contributed by atoms with Gasteiger partial charge in [-0.25, -0.2) is 15.0 Å². The van der Waals surface area contributed by atoms with Gasteiger partial charge in [-0.1, -0.05) is 31.2 Å². The van der Waals surface area contributed by atoms with Gasteiger partial charge in [-0.3, -0.25) is 4.79 Å². The van der Waals surface area contributed by atoms with E-state index in [9.17, 15) is 4.79 Å². The highest BCUT2D eigenvalue weighted by molar-refractivity contribution is 6.83. The summed E-state index contributed by atoms with van der Waals surface area (Å²) in [6, 6.07) is 0. The molecule has 0 aliphatic rings. The smallest absolute Gasteiger partial charge is 0.302 e. The number of aryl methyl sites for hydroxylation is 1. The fourth-order valence-electron chi connectivity index (χ4n) is 1.97. The molecule has 0 aromatic carbocycles. The highest BCUT2D eigenvalue weighted by atomic mass is 35.5. The largest absolute Gasteiger partial charge is 0.466 e. The molecular weight excluding hydrogens is 344 g/mol. The normalized spacial score (nSPS) is 11.2. The second kappa shape index (κ2) is 7.77. The molecule has 2 heterocycles. The van der Waals surface area contributed by atoms with Crippen molar-refractivity contribution in [3.05, 3.63) is 17.3 Å². The molecule has 0 bridgehead atoms. The van der Waals surface area contributed by atoms with Gasteiger partial charge >= 0.3 is 5.97 Å². The van der Waals surface area contributed by atoms with Crippen LogP contribution in [-0.4, -0.2) is 40.2 Å². The molecule has 0 aliphatic carbocycles. The van der Waals surface area contributed by atoms with Crippen LogP contribution in [-0.2, 0) is 16.1 Å². The first kappa shape index (κ1) is 18.4. The first-order valence-corrected chi connectivity index (χ1v) is 11.7. The zero-order valence-corrected chi connectivity index (χ0v) is 16.1. The van der Waals surface area contributed by atoms with Crippen molar-refractivity contribution in [3.63, 3.8) is 0 Å². The predicted molar refractivity (Wildman–Crippen MR) is 96.4 cm³/mol. The summed E-state index contributed by atoms with van der Waals surface area (Å²) in [5, 5.41) is 0.318. The van der Waals surface area contributed by atoms with E-state index < -0.39 is 8.07 Å². The summed E-state index contributed by atoms with van der Waals surface area (Å²) in [5.41, 5.74) is 4.50. The number of hydrogen-bond donors (Lipinski definition) is 0. The van der Waals surface area contributed by atoms with E-state index in [1.807, 2.05) is 4.57 Å². The number of aromatic nitrogens is 4. The van der Waals surface area contributed by atoms with Crippen LogP contribution in [0.25, 0.3) is 11.2 Å². The molecular formula is C16H21ClN4O2Si. The van der Waals surface area contributed by atoms with Crippen LogP contribution >= 0.6 is 11.6 Å². The van der Waals surface area contributed by atoms with E-state index >= 15 is 0 Å². The number of imidazole rings is 1. The lowest BCUT2D eigenvalue weighted by Crippen LogP contribution is -2.16. The van der Waals surface area contributed by atoms with Crippen LogP contribution < -0.4 is 0 Å². The van der Waals surface area contributed by atoms with Gasteiger partial charge in [0.1, 0.15) is 13.6 Å². The average molecular weight is 365 g/mol. The molecule has 0 spiro atoms. The molecule has 0 saturated heterocycles. The van der Waals surface area contributed by atoms with Gasteiger partial charge in [-0.15, -0.1) is 5.54 Å². The maximum Gasteiger partial charge on any atom is 0.302 e. The Morgan fingerprint density at radius 1 is 1.33 bits per heavy atom.